The lowest BCUT2D eigenvalue weighted by molar-refractivity contribution is 0.0836. The van der Waals surface area contributed by atoms with Gasteiger partial charge in [0.1, 0.15) is 18.0 Å². The molecular weight excluding hydrogens is 268 g/mol. The average Bonchev–Trinajstić information content (AvgIpc) is 2.99. The molecule has 7 nitrogen and oxygen atoms in total. The topological polar surface area (TPSA) is 88.6 Å². The zero-order valence-electron chi connectivity index (χ0n) is 12.2. The number of rotatable bonds is 5. The molecule has 112 valence electrons. The molecule has 1 aliphatic heterocycles. The molecule has 2 aromatic heterocycles. The van der Waals surface area contributed by atoms with Crippen LogP contribution in [0.5, 0.6) is 0 Å². The minimum absolute atomic E-state index is 0.431. The van der Waals surface area contributed by atoms with Gasteiger partial charge >= 0.3 is 0 Å². The summed E-state index contributed by atoms with van der Waals surface area (Å²) in [5.41, 5.74) is 1.04. The fourth-order valence-corrected chi connectivity index (χ4v) is 2.44. The summed E-state index contributed by atoms with van der Waals surface area (Å²) in [5.74, 6) is 3.14. The van der Waals surface area contributed by atoms with E-state index in [0.29, 0.717) is 5.92 Å². The average molecular weight is 288 g/mol. The van der Waals surface area contributed by atoms with Crippen molar-refractivity contribution in [2.75, 3.05) is 25.1 Å². The predicted molar refractivity (Wildman–Crippen MR) is 78.1 cm³/mol. The van der Waals surface area contributed by atoms with E-state index in [9.17, 15) is 0 Å². The van der Waals surface area contributed by atoms with Crippen LogP contribution >= 0.6 is 0 Å². The highest BCUT2D eigenvalue weighted by molar-refractivity contribution is 5.40. The van der Waals surface area contributed by atoms with Crippen molar-refractivity contribution in [1.82, 2.24) is 25.1 Å². The molecule has 0 radical (unpaired) electrons. The third kappa shape index (κ3) is 3.55. The largest absolute Gasteiger partial charge is 0.381 e. The Hall–Kier alpha value is -2.02. The second-order valence-corrected chi connectivity index (χ2v) is 5.26. The van der Waals surface area contributed by atoms with Gasteiger partial charge in [0, 0.05) is 43.9 Å². The highest BCUT2D eigenvalue weighted by Crippen LogP contribution is 2.23. The number of aromatic nitrogens is 5. The Morgan fingerprint density at radius 3 is 3.05 bits per heavy atom. The van der Waals surface area contributed by atoms with Gasteiger partial charge in [-0.15, -0.1) is 0 Å². The molecule has 1 saturated heterocycles. The summed E-state index contributed by atoms with van der Waals surface area (Å²) < 4.78 is 5.37. The molecule has 2 N–H and O–H groups in total. The number of hydrogen-bond acceptors (Lipinski definition) is 6. The number of ether oxygens (including phenoxy) is 1. The molecule has 0 spiro atoms. The molecule has 7 heteroatoms. The van der Waals surface area contributed by atoms with E-state index in [1.54, 1.807) is 12.5 Å². The van der Waals surface area contributed by atoms with E-state index in [1.807, 2.05) is 6.92 Å². The van der Waals surface area contributed by atoms with E-state index in [4.69, 9.17) is 4.74 Å². The molecule has 2 aromatic rings. The van der Waals surface area contributed by atoms with Crippen molar-refractivity contribution in [3.05, 3.63) is 29.7 Å². The van der Waals surface area contributed by atoms with Gasteiger partial charge in [-0.25, -0.2) is 15.0 Å². The molecule has 1 fully saturated rings. The van der Waals surface area contributed by atoms with Crippen molar-refractivity contribution in [3.8, 4) is 0 Å². The standard InChI is InChI=1S/C14H20N6O/c1-10-8-15-9-17-13(10)16-5-2-12-18-14(20-19-12)11-3-6-21-7-4-11/h8-9,11H,2-7H2,1H3,(H,15,16,17)(H,18,19,20). The maximum Gasteiger partial charge on any atom is 0.153 e. The molecule has 0 amide bonds. The molecule has 0 aliphatic carbocycles. The lowest BCUT2D eigenvalue weighted by Gasteiger charge is -2.18. The third-order valence-corrected chi connectivity index (χ3v) is 3.68. The Bertz CT molecular complexity index is 578. The smallest absolute Gasteiger partial charge is 0.153 e. The minimum Gasteiger partial charge on any atom is -0.381 e. The van der Waals surface area contributed by atoms with Gasteiger partial charge in [0.25, 0.3) is 0 Å². The Balaban J connectivity index is 1.52. The highest BCUT2D eigenvalue weighted by Gasteiger charge is 2.19. The molecule has 0 bridgehead atoms. The van der Waals surface area contributed by atoms with Gasteiger partial charge in [-0.2, -0.15) is 5.10 Å². The van der Waals surface area contributed by atoms with Gasteiger partial charge in [-0.3, -0.25) is 5.10 Å². The number of nitrogens with one attached hydrogen (secondary N) is 2. The Morgan fingerprint density at radius 2 is 2.24 bits per heavy atom. The van der Waals surface area contributed by atoms with Crippen LogP contribution in [-0.4, -0.2) is 44.9 Å². The van der Waals surface area contributed by atoms with E-state index < -0.39 is 0 Å². The zero-order chi connectivity index (χ0) is 14.5. The van der Waals surface area contributed by atoms with Crippen LogP contribution in [0, 0.1) is 6.92 Å². The number of nitrogens with zero attached hydrogens (tertiary/aromatic N) is 4. The number of aryl methyl sites for hydroxylation is 1. The van der Waals surface area contributed by atoms with Crippen molar-refractivity contribution in [2.24, 2.45) is 0 Å². The molecule has 0 aromatic carbocycles. The SMILES string of the molecule is Cc1cncnc1NCCc1nc(C2CCOCC2)n[nH]1. The second kappa shape index (κ2) is 6.62. The van der Waals surface area contributed by atoms with Crippen molar-refractivity contribution >= 4 is 5.82 Å². The van der Waals surface area contributed by atoms with Gasteiger partial charge in [0.2, 0.25) is 0 Å². The Morgan fingerprint density at radius 1 is 1.38 bits per heavy atom. The zero-order valence-corrected chi connectivity index (χ0v) is 12.2. The maximum atomic E-state index is 5.37. The van der Waals surface area contributed by atoms with E-state index in [2.05, 4.69) is 30.5 Å². The van der Waals surface area contributed by atoms with Gasteiger partial charge in [-0.1, -0.05) is 0 Å². The molecule has 1 aliphatic rings. The van der Waals surface area contributed by atoms with Crippen molar-refractivity contribution in [2.45, 2.75) is 32.1 Å². The molecule has 0 saturated carbocycles. The van der Waals surface area contributed by atoms with Gasteiger partial charge < -0.3 is 10.1 Å². The van der Waals surface area contributed by atoms with Crippen LogP contribution in [0.4, 0.5) is 5.82 Å². The summed E-state index contributed by atoms with van der Waals surface area (Å²) >= 11 is 0. The van der Waals surface area contributed by atoms with E-state index in [0.717, 1.165) is 62.1 Å². The first-order valence-corrected chi connectivity index (χ1v) is 7.32. The molecule has 21 heavy (non-hydrogen) atoms. The van der Waals surface area contributed by atoms with Crippen LogP contribution in [0.1, 0.15) is 36.0 Å². The Kier molecular flexibility index (Phi) is 4.40. The first-order chi connectivity index (χ1) is 10.3. The minimum atomic E-state index is 0.431. The van der Waals surface area contributed by atoms with Gasteiger partial charge in [0.15, 0.2) is 5.82 Å². The van der Waals surface area contributed by atoms with E-state index >= 15 is 0 Å². The molecular formula is C14H20N6O. The van der Waals surface area contributed by atoms with Crippen molar-refractivity contribution in [1.29, 1.82) is 0 Å². The van der Waals surface area contributed by atoms with Crippen molar-refractivity contribution in [3.63, 3.8) is 0 Å². The summed E-state index contributed by atoms with van der Waals surface area (Å²) in [7, 11) is 0. The van der Waals surface area contributed by atoms with Crippen LogP contribution in [0.25, 0.3) is 0 Å². The van der Waals surface area contributed by atoms with E-state index in [-0.39, 0.29) is 0 Å². The van der Waals surface area contributed by atoms with Crippen LogP contribution < -0.4 is 5.32 Å². The lowest BCUT2D eigenvalue weighted by atomic mass is 10.00. The van der Waals surface area contributed by atoms with Gasteiger partial charge in [-0.05, 0) is 19.8 Å². The molecule has 3 rings (SSSR count). The van der Waals surface area contributed by atoms with Crippen LogP contribution in [0.15, 0.2) is 12.5 Å². The molecule has 0 atom stereocenters. The third-order valence-electron chi connectivity index (χ3n) is 3.68. The number of anilines is 1. The van der Waals surface area contributed by atoms with Crippen LogP contribution in [0.2, 0.25) is 0 Å². The fraction of sp³-hybridized carbons (Fsp3) is 0.571. The number of aromatic amines is 1. The first-order valence-electron chi connectivity index (χ1n) is 7.32. The van der Waals surface area contributed by atoms with Crippen LogP contribution in [0.3, 0.4) is 0 Å². The maximum absolute atomic E-state index is 5.37. The lowest BCUT2D eigenvalue weighted by Crippen LogP contribution is -2.15. The first kappa shape index (κ1) is 13.9. The van der Waals surface area contributed by atoms with Crippen molar-refractivity contribution < 1.29 is 4.74 Å². The summed E-state index contributed by atoms with van der Waals surface area (Å²) in [6.07, 6.45) is 6.16. The molecule has 3 heterocycles. The monoisotopic (exact) mass is 288 g/mol. The fourth-order valence-electron chi connectivity index (χ4n) is 2.44. The summed E-state index contributed by atoms with van der Waals surface area (Å²) in [6, 6.07) is 0. The summed E-state index contributed by atoms with van der Waals surface area (Å²) in [6.45, 7) is 4.37. The second-order valence-electron chi connectivity index (χ2n) is 5.26. The summed E-state index contributed by atoms with van der Waals surface area (Å²) in [4.78, 5) is 12.8. The Labute approximate surface area is 123 Å². The number of hydrogen-bond donors (Lipinski definition) is 2. The number of H-pyrrole nitrogens is 1. The van der Waals surface area contributed by atoms with Gasteiger partial charge in [0.05, 0.1) is 0 Å². The normalized spacial score (nSPS) is 16.0. The molecule has 0 unspecified atom stereocenters. The quantitative estimate of drug-likeness (QED) is 0.865. The van der Waals surface area contributed by atoms with Crippen LogP contribution in [-0.2, 0) is 11.2 Å². The predicted octanol–water partition coefficient (Wildman–Crippen LogP) is 1.45. The van der Waals surface area contributed by atoms with E-state index in [1.165, 1.54) is 0 Å². The summed E-state index contributed by atoms with van der Waals surface area (Å²) in [5, 5.41) is 10.7. The highest BCUT2D eigenvalue weighted by atomic mass is 16.5.